The van der Waals surface area contributed by atoms with Crippen molar-refractivity contribution in [1.82, 2.24) is 5.32 Å². The molecule has 1 saturated carbocycles. The third-order valence-corrected chi connectivity index (χ3v) is 2.95. The minimum Gasteiger partial charge on any atom is -0.480 e. The summed E-state index contributed by atoms with van der Waals surface area (Å²) in [7, 11) is 0. The Hall–Kier alpha value is -1.91. The maximum atomic E-state index is 13.2. The van der Waals surface area contributed by atoms with Gasteiger partial charge in [0.15, 0.2) is 0 Å². The fourth-order valence-corrected chi connectivity index (χ4v) is 1.90. The molecule has 1 amide bonds. The molecule has 5 heteroatoms. The largest absolute Gasteiger partial charge is 0.480 e. The van der Waals surface area contributed by atoms with Gasteiger partial charge in [-0.15, -0.1) is 0 Å². The molecule has 1 atom stereocenters. The van der Waals surface area contributed by atoms with E-state index in [1.165, 1.54) is 12.1 Å². The van der Waals surface area contributed by atoms with Gasteiger partial charge in [0.2, 0.25) is 0 Å². The number of carbonyl (C=O) groups is 2. The van der Waals surface area contributed by atoms with Gasteiger partial charge in [-0.2, -0.15) is 0 Å². The van der Waals surface area contributed by atoms with Gasteiger partial charge in [0, 0.05) is 5.56 Å². The van der Waals surface area contributed by atoms with Gasteiger partial charge in [0.05, 0.1) is 0 Å². The molecule has 0 spiro atoms. The SMILES string of the molecule is Cc1cc(F)cc(C(=O)NC(C(=O)O)C2CC2)c1. The third-order valence-electron chi connectivity index (χ3n) is 2.95. The lowest BCUT2D eigenvalue weighted by atomic mass is 10.1. The number of nitrogens with one attached hydrogen (secondary N) is 1. The molecule has 0 heterocycles. The minimum atomic E-state index is -1.04. The first kappa shape index (κ1) is 12.5. The van der Waals surface area contributed by atoms with Crippen LogP contribution in [0.5, 0.6) is 0 Å². The first-order valence-corrected chi connectivity index (χ1v) is 5.78. The molecule has 2 N–H and O–H groups in total. The zero-order valence-corrected chi connectivity index (χ0v) is 9.94. The smallest absolute Gasteiger partial charge is 0.326 e. The van der Waals surface area contributed by atoms with Crippen molar-refractivity contribution in [2.45, 2.75) is 25.8 Å². The van der Waals surface area contributed by atoms with E-state index in [-0.39, 0.29) is 11.5 Å². The van der Waals surface area contributed by atoms with E-state index in [4.69, 9.17) is 5.11 Å². The van der Waals surface area contributed by atoms with E-state index >= 15 is 0 Å². The normalized spacial score (nSPS) is 16.1. The Balaban J connectivity index is 2.13. The van der Waals surface area contributed by atoms with Crippen LogP contribution in [0.4, 0.5) is 4.39 Å². The Morgan fingerprint density at radius 3 is 2.56 bits per heavy atom. The van der Waals surface area contributed by atoms with E-state index < -0.39 is 23.7 Å². The number of rotatable bonds is 4. The van der Waals surface area contributed by atoms with Gasteiger partial charge >= 0.3 is 5.97 Å². The van der Waals surface area contributed by atoms with E-state index in [0.717, 1.165) is 18.9 Å². The maximum Gasteiger partial charge on any atom is 0.326 e. The lowest BCUT2D eigenvalue weighted by Gasteiger charge is -2.13. The molecule has 0 radical (unpaired) electrons. The van der Waals surface area contributed by atoms with Crippen LogP contribution < -0.4 is 5.32 Å². The van der Waals surface area contributed by atoms with E-state index in [0.29, 0.717) is 5.56 Å². The predicted molar refractivity (Wildman–Crippen MR) is 62.8 cm³/mol. The van der Waals surface area contributed by atoms with E-state index in [9.17, 15) is 14.0 Å². The number of benzene rings is 1. The summed E-state index contributed by atoms with van der Waals surface area (Å²) in [6.07, 6.45) is 1.61. The summed E-state index contributed by atoms with van der Waals surface area (Å²) in [5.74, 6) is -2.09. The quantitative estimate of drug-likeness (QED) is 0.856. The highest BCUT2D eigenvalue weighted by atomic mass is 19.1. The fourth-order valence-electron chi connectivity index (χ4n) is 1.90. The first-order valence-electron chi connectivity index (χ1n) is 5.78. The van der Waals surface area contributed by atoms with Gasteiger partial charge in [-0.3, -0.25) is 4.79 Å². The highest BCUT2D eigenvalue weighted by molar-refractivity contribution is 5.96. The molecule has 0 aromatic heterocycles. The van der Waals surface area contributed by atoms with E-state index in [1.54, 1.807) is 6.92 Å². The van der Waals surface area contributed by atoms with Crippen LogP contribution in [0.1, 0.15) is 28.8 Å². The topological polar surface area (TPSA) is 66.4 Å². The Bertz CT molecular complexity index is 477. The molecule has 4 nitrogen and oxygen atoms in total. The van der Waals surface area contributed by atoms with Gasteiger partial charge in [0.25, 0.3) is 5.91 Å². The van der Waals surface area contributed by atoms with Crippen molar-refractivity contribution in [3.63, 3.8) is 0 Å². The maximum absolute atomic E-state index is 13.2. The van der Waals surface area contributed by atoms with Crippen molar-refractivity contribution >= 4 is 11.9 Å². The summed E-state index contributed by atoms with van der Waals surface area (Å²) in [5, 5.41) is 11.4. The third kappa shape index (κ3) is 2.85. The highest BCUT2D eigenvalue weighted by Gasteiger charge is 2.37. The number of aliphatic carboxylic acids is 1. The van der Waals surface area contributed by atoms with Crippen LogP contribution in [0.3, 0.4) is 0 Å². The Kier molecular flexibility index (Phi) is 3.32. The van der Waals surface area contributed by atoms with Crippen molar-refractivity contribution < 1.29 is 19.1 Å². The number of carbonyl (C=O) groups excluding carboxylic acids is 1. The Labute approximate surface area is 104 Å². The minimum absolute atomic E-state index is 0.00102. The second kappa shape index (κ2) is 4.76. The number of aryl methyl sites for hydroxylation is 1. The van der Waals surface area contributed by atoms with Crippen LogP contribution in [-0.4, -0.2) is 23.0 Å². The Morgan fingerprint density at radius 2 is 2.06 bits per heavy atom. The summed E-state index contributed by atoms with van der Waals surface area (Å²) < 4.78 is 13.2. The van der Waals surface area contributed by atoms with Crippen LogP contribution in [0.25, 0.3) is 0 Å². The monoisotopic (exact) mass is 251 g/mol. The molecule has 0 aliphatic heterocycles. The lowest BCUT2D eigenvalue weighted by Crippen LogP contribution is -2.42. The van der Waals surface area contributed by atoms with Gasteiger partial charge < -0.3 is 10.4 Å². The summed E-state index contributed by atoms with van der Waals surface area (Å²) in [6.45, 7) is 1.68. The average Bonchev–Trinajstić information content (AvgIpc) is 3.07. The number of carboxylic acid groups (broad SMARTS) is 1. The van der Waals surface area contributed by atoms with Crippen molar-refractivity contribution in [1.29, 1.82) is 0 Å². The molecule has 0 bridgehead atoms. The van der Waals surface area contributed by atoms with Crippen molar-refractivity contribution in [2.75, 3.05) is 0 Å². The zero-order chi connectivity index (χ0) is 13.3. The predicted octanol–water partition coefficient (Wildman–Crippen LogP) is 1.73. The summed E-state index contributed by atoms with van der Waals surface area (Å²) in [6, 6.07) is 3.08. The van der Waals surface area contributed by atoms with Crippen LogP contribution in [0, 0.1) is 18.7 Å². The standard InChI is InChI=1S/C13H14FNO3/c1-7-4-9(6-10(14)5-7)12(16)15-11(13(17)18)8-2-3-8/h4-6,8,11H,2-3H2,1H3,(H,15,16)(H,17,18). The fraction of sp³-hybridized carbons (Fsp3) is 0.385. The molecule has 1 aliphatic rings. The average molecular weight is 251 g/mol. The van der Waals surface area contributed by atoms with Crippen LogP contribution in [0.2, 0.25) is 0 Å². The van der Waals surface area contributed by atoms with Gasteiger partial charge in [-0.1, -0.05) is 0 Å². The Morgan fingerprint density at radius 1 is 1.39 bits per heavy atom. The van der Waals surface area contributed by atoms with E-state index in [2.05, 4.69) is 5.32 Å². The molecule has 1 aromatic carbocycles. The number of amides is 1. The number of halogens is 1. The molecule has 2 rings (SSSR count). The molecule has 1 fully saturated rings. The molecular weight excluding hydrogens is 237 g/mol. The van der Waals surface area contributed by atoms with Crippen LogP contribution >= 0.6 is 0 Å². The molecule has 1 unspecified atom stereocenters. The number of carboxylic acids is 1. The zero-order valence-electron chi connectivity index (χ0n) is 9.94. The molecular formula is C13H14FNO3. The molecule has 1 aromatic rings. The lowest BCUT2D eigenvalue weighted by molar-refractivity contribution is -0.139. The first-order chi connectivity index (χ1) is 8.47. The molecule has 18 heavy (non-hydrogen) atoms. The number of hydrogen-bond donors (Lipinski definition) is 2. The van der Waals surface area contributed by atoms with Gasteiger partial charge in [-0.25, -0.2) is 9.18 Å². The number of hydrogen-bond acceptors (Lipinski definition) is 2. The van der Waals surface area contributed by atoms with Crippen LogP contribution in [0.15, 0.2) is 18.2 Å². The van der Waals surface area contributed by atoms with Gasteiger partial charge in [-0.05, 0) is 49.4 Å². The van der Waals surface area contributed by atoms with E-state index in [1.807, 2.05) is 0 Å². The molecule has 1 aliphatic carbocycles. The second-order valence-electron chi connectivity index (χ2n) is 4.64. The highest BCUT2D eigenvalue weighted by Crippen LogP contribution is 2.32. The van der Waals surface area contributed by atoms with Crippen molar-refractivity contribution in [3.05, 3.63) is 35.1 Å². The second-order valence-corrected chi connectivity index (χ2v) is 4.64. The van der Waals surface area contributed by atoms with Crippen molar-refractivity contribution in [2.24, 2.45) is 5.92 Å². The molecule has 0 saturated heterocycles. The summed E-state index contributed by atoms with van der Waals surface area (Å²) in [4.78, 5) is 22.8. The summed E-state index contributed by atoms with van der Waals surface area (Å²) >= 11 is 0. The molecule has 96 valence electrons. The van der Waals surface area contributed by atoms with Crippen molar-refractivity contribution in [3.8, 4) is 0 Å². The van der Waals surface area contributed by atoms with Gasteiger partial charge in [0.1, 0.15) is 11.9 Å². The van der Waals surface area contributed by atoms with Crippen LogP contribution in [-0.2, 0) is 4.79 Å². The summed E-state index contributed by atoms with van der Waals surface area (Å²) in [5.41, 5.74) is 0.776.